The standard InChI is InChI=1S/C16H15F3N2O4/c1-24-13(12-3-2-8-25-12)9-20-14(22)15(23)21-11-6-4-10(5-7-11)16(17,18)19/h2-8,13H,9H2,1H3,(H,20,22)(H,21,23). The van der Waals surface area contributed by atoms with Crippen LogP contribution in [-0.4, -0.2) is 25.5 Å². The first-order valence-corrected chi connectivity index (χ1v) is 7.14. The molecule has 0 saturated carbocycles. The van der Waals surface area contributed by atoms with Gasteiger partial charge in [-0.05, 0) is 36.4 Å². The number of methoxy groups -OCH3 is 1. The van der Waals surface area contributed by atoms with E-state index in [1.165, 1.54) is 13.4 Å². The zero-order valence-electron chi connectivity index (χ0n) is 13.1. The smallest absolute Gasteiger partial charge is 0.416 e. The Kier molecular flexibility index (Phi) is 5.81. The summed E-state index contributed by atoms with van der Waals surface area (Å²) in [6, 6.07) is 7.06. The molecule has 2 aromatic rings. The number of carbonyl (C=O) groups is 2. The van der Waals surface area contributed by atoms with Gasteiger partial charge in [0, 0.05) is 12.8 Å². The molecule has 0 aliphatic heterocycles. The summed E-state index contributed by atoms with van der Waals surface area (Å²) in [5, 5.41) is 4.58. The average Bonchev–Trinajstić information content (AvgIpc) is 3.09. The molecule has 2 amide bonds. The van der Waals surface area contributed by atoms with Crippen molar-refractivity contribution in [1.29, 1.82) is 0 Å². The lowest BCUT2D eigenvalue weighted by atomic mass is 10.2. The fourth-order valence-corrected chi connectivity index (χ4v) is 1.97. The molecule has 0 bridgehead atoms. The number of rotatable bonds is 5. The zero-order chi connectivity index (χ0) is 18.4. The molecule has 1 aromatic heterocycles. The van der Waals surface area contributed by atoms with Gasteiger partial charge < -0.3 is 19.8 Å². The van der Waals surface area contributed by atoms with Gasteiger partial charge in [-0.25, -0.2) is 0 Å². The Morgan fingerprint density at radius 3 is 2.36 bits per heavy atom. The molecule has 2 rings (SSSR count). The number of hydrogen-bond acceptors (Lipinski definition) is 4. The van der Waals surface area contributed by atoms with Gasteiger partial charge in [0.1, 0.15) is 11.9 Å². The fraction of sp³-hybridized carbons (Fsp3) is 0.250. The topological polar surface area (TPSA) is 80.6 Å². The van der Waals surface area contributed by atoms with Crippen molar-refractivity contribution in [2.45, 2.75) is 12.3 Å². The van der Waals surface area contributed by atoms with Crippen molar-refractivity contribution in [1.82, 2.24) is 5.32 Å². The summed E-state index contributed by atoms with van der Waals surface area (Å²) in [5.74, 6) is -1.48. The number of ether oxygens (including phenoxy) is 1. The van der Waals surface area contributed by atoms with Gasteiger partial charge in [-0.1, -0.05) is 0 Å². The van der Waals surface area contributed by atoms with Crippen LogP contribution in [0.4, 0.5) is 18.9 Å². The molecule has 9 heteroatoms. The molecule has 1 aromatic carbocycles. The number of amides is 2. The van der Waals surface area contributed by atoms with Crippen LogP contribution in [0.5, 0.6) is 0 Å². The van der Waals surface area contributed by atoms with Gasteiger partial charge in [0.25, 0.3) is 0 Å². The fourth-order valence-electron chi connectivity index (χ4n) is 1.97. The molecule has 0 saturated heterocycles. The summed E-state index contributed by atoms with van der Waals surface area (Å²) < 4.78 is 47.7. The number of anilines is 1. The lowest BCUT2D eigenvalue weighted by Crippen LogP contribution is -2.37. The van der Waals surface area contributed by atoms with Gasteiger partial charge in [0.05, 0.1) is 18.4 Å². The molecule has 0 aliphatic rings. The van der Waals surface area contributed by atoms with Crippen LogP contribution in [0.15, 0.2) is 47.1 Å². The minimum absolute atomic E-state index is 0.0106. The molecule has 1 atom stereocenters. The molecule has 0 fully saturated rings. The molecule has 2 N–H and O–H groups in total. The number of hydrogen-bond donors (Lipinski definition) is 2. The number of benzene rings is 1. The van der Waals surface area contributed by atoms with Gasteiger partial charge >= 0.3 is 18.0 Å². The van der Waals surface area contributed by atoms with Crippen molar-refractivity contribution in [3.8, 4) is 0 Å². The second kappa shape index (κ2) is 7.84. The van der Waals surface area contributed by atoms with E-state index in [-0.39, 0.29) is 12.2 Å². The van der Waals surface area contributed by atoms with Crippen molar-refractivity contribution in [2.24, 2.45) is 0 Å². The molecule has 0 aliphatic carbocycles. The molecule has 1 unspecified atom stereocenters. The SMILES string of the molecule is COC(CNC(=O)C(=O)Nc1ccc(C(F)(F)F)cc1)c1ccco1. The maximum Gasteiger partial charge on any atom is 0.416 e. The Labute approximate surface area is 141 Å². The Hall–Kier alpha value is -2.81. The Bertz CT molecular complexity index is 712. The lowest BCUT2D eigenvalue weighted by molar-refractivity contribution is -0.137. The molecule has 0 spiro atoms. The van der Waals surface area contributed by atoms with Gasteiger partial charge in [0.15, 0.2) is 0 Å². The van der Waals surface area contributed by atoms with Crippen LogP contribution in [0, 0.1) is 0 Å². The predicted molar refractivity (Wildman–Crippen MR) is 81.5 cm³/mol. The summed E-state index contributed by atoms with van der Waals surface area (Å²) in [5.41, 5.74) is -0.779. The van der Waals surface area contributed by atoms with E-state index in [2.05, 4.69) is 10.6 Å². The third kappa shape index (κ3) is 5.08. The minimum atomic E-state index is -4.47. The van der Waals surface area contributed by atoms with Crippen LogP contribution in [0.2, 0.25) is 0 Å². The largest absolute Gasteiger partial charge is 0.467 e. The molecule has 134 valence electrons. The Morgan fingerprint density at radius 1 is 1.16 bits per heavy atom. The third-order valence-corrected chi connectivity index (χ3v) is 3.27. The second-order valence-electron chi connectivity index (χ2n) is 4.98. The van der Waals surface area contributed by atoms with Gasteiger partial charge in [-0.3, -0.25) is 9.59 Å². The Balaban J connectivity index is 1.89. The van der Waals surface area contributed by atoms with Gasteiger partial charge in [-0.2, -0.15) is 13.2 Å². The van der Waals surface area contributed by atoms with E-state index in [4.69, 9.17) is 9.15 Å². The summed E-state index contributed by atoms with van der Waals surface area (Å²) in [6.07, 6.45) is -3.60. The third-order valence-electron chi connectivity index (χ3n) is 3.27. The van der Waals surface area contributed by atoms with Crippen molar-refractivity contribution < 1.29 is 31.9 Å². The maximum absolute atomic E-state index is 12.5. The highest BCUT2D eigenvalue weighted by atomic mass is 19.4. The van der Waals surface area contributed by atoms with E-state index in [0.29, 0.717) is 5.76 Å². The van der Waals surface area contributed by atoms with Crippen LogP contribution in [0.25, 0.3) is 0 Å². The monoisotopic (exact) mass is 356 g/mol. The molecule has 25 heavy (non-hydrogen) atoms. The highest BCUT2D eigenvalue weighted by Gasteiger charge is 2.30. The first-order chi connectivity index (χ1) is 11.8. The van der Waals surface area contributed by atoms with Crippen LogP contribution in [0.1, 0.15) is 17.4 Å². The van der Waals surface area contributed by atoms with E-state index >= 15 is 0 Å². The van der Waals surface area contributed by atoms with Gasteiger partial charge in [0.2, 0.25) is 0 Å². The van der Waals surface area contributed by atoms with Gasteiger partial charge in [-0.15, -0.1) is 0 Å². The van der Waals surface area contributed by atoms with E-state index in [9.17, 15) is 22.8 Å². The van der Waals surface area contributed by atoms with Crippen molar-refractivity contribution in [3.63, 3.8) is 0 Å². The van der Waals surface area contributed by atoms with Crippen molar-refractivity contribution in [2.75, 3.05) is 19.0 Å². The molecular formula is C16H15F3N2O4. The van der Waals surface area contributed by atoms with Crippen LogP contribution >= 0.6 is 0 Å². The molecule has 6 nitrogen and oxygen atoms in total. The van der Waals surface area contributed by atoms with E-state index in [1.807, 2.05) is 0 Å². The average molecular weight is 356 g/mol. The maximum atomic E-state index is 12.5. The molecule has 1 heterocycles. The minimum Gasteiger partial charge on any atom is -0.467 e. The number of furan rings is 1. The highest BCUT2D eigenvalue weighted by Crippen LogP contribution is 2.29. The lowest BCUT2D eigenvalue weighted by Gasteiger charge is -2.13. The van der Waals surface area contributed by atoms with Crippen LogP contribution < -0.4 is 10.6 Å². The summed E-state index contributed by atoms with van der Waals surface area (Å²) in [4.78, 5) is 23.5. The molecular weight excluding hydrogens is 341 g/mol. The number of halogens is 3. The Morgan fingerprint density at radius 2 is 1.84 bits per heavy atom. The number of alkyl halides is 3. The number of nitrogens with one attached hydrogen (secondary N) is 2. The quantitative estimate of drug-likeness (QED) is 0.808. The summed E-state index contributed by atoms with van der Waals surface area (Å²) in [6.45, 7) is -0.0106. The van der Waals surface area contributed by atoms with Crippen LogP contribution in [0.3, 0.4) is 0 Å². The normalized spacial score (nSPS) is 12.5. The molecule has 0 radical (unpaired) electrons. The predicted octanol–water partition coefficient (Wildman–Crippen LogP) is 2.74. The van der Waals surface area contributed by atoms with Crippen LogP contribution in [-0.2, 0) is 20.5 Å². The van der Waals surface area contributed by atoms with E-state index < -0.39 is 29.7 Å². The van der Waals surface area contributed by atoms with E-state index in [0.717, 1.165) is 24.3 Å². The first kappa shape index (κ1) is 18.5. The zero-order valence-corrected chi connectivity index (χ0v) is 13.1. The first-order valence-electron chi connectivity index (χ1n) is 7.14. The summed E-state index contributed by atoms with van der Waals surface area (Å²) >= 11 is 0. The van der Waals surface area contributed by atoms with Crippen molar-refractivity contribution >= 4 is 17.5 Å². The second-order valence-corrected chi connectivity index (χ2v) is 4.98. The summed E-state index contributed by atoms with van der Waals surface area (Å²) in [7, 11) is 1.42. The number of carbonyl (C=O) groups excluding carboxylic acids is 2. The van der Waals surface area contributed by atoms with Crippen molar-refractivity contribution in [3.05, 3.63) is 54.0 Å². The highest BCUT2D eigenvalue weighted by molar-refractivity contribution is 6.39. The van der Waals surface area contributed by atoms with E-state index in [1.54, 1.807) is 12.1 Å².